The summed E-state index contributed by atoms with van der Waals surface area (Å²) in [6, 6.07) is 0.647. The van der Waals surface area contributed by atoms with Crippen LogP contribution in [0.15, 0.2) is 9.98 Å². The number of hydrogen-bond donors (Lipinski definition) is 1. The van der Waals surface area contributed by atoms with Gasteiger partial charge in [0.25, 0.3) is 0 Å². The third-order valence-corrected chi connectivity index (χ3v) is 4.44. The Bertz CT molecular complexity index is 323. The quantitative estimate of drug-likeness (QED) is 0.906. The molecule has 2 rings (SSSR count). The van der Waals surface area contributed by atoms with E-state index < -0.39 is 0 Å². The number of nitrogens with zero attached hydrogens (tertiary/aromatic N) is 2. The third-order valence-electron chi connectivity index (χ3n) is 2.83. The maximum atomic E-state index is 4.51. The number of hydrogen-bond acceptors (Lipinski definition) is 4. The Labute approximate surface area is 109 Å². The molecule has 5 heteroatoms. The van der Waals surface area contributed by atoms with Gasteiger partial charge in [0.15, 0.2) is 5.13 Å². The van der Waals surface area contributed by atoms with Crippen LogP contribution in [-0.2, 0) is 0 Å². The Hall–Kier alpha value is -0.130. The number of nitrogens with one attached hydrogen (secondary N) is 1. The summed E-state index contributed by atoms with van der Waals surface area (Å²) >= 11 is 5.14. The van der Waals surface area contributed by atoms with Crippen LogP contribution in [0.25, 0.3) is 0 Å². The molecule has 1 aliphatic heterocycles. The van der Waals surface area contributed by atoms with Crippen molar-refractivity contribution in [2.75, 3.05) is 24.5 Å². The first-order valence-electron chi connectivity index (χ1n) is 5.89. The predicted octanol–water partition coefficient (Wildman–Crippen LogP) is 2.87. The second-order valence-electron chi connectivity index (χ2n) is 4.19. The van der Waals surface area contributed by atoms with Crippen molar-refractivity contribution in [1.29, 1.82) is 0 Å². The van der Waals surface area contributed by atoms with Crippen molar-refractivity contribution in [3.8, 4) is 0 Å². The van der Waals surface area contributed by atoms with E-state index >= 15 is 0 Å². The van der Waals surface area contributed by atoms with Gasteiger partial charge in [0.2, 0.25) is 0 Å². The minimum atomic E-state index is 0.647. The Morgan fingerprint density at radius 1 is 1.69 bits per heavy atom. The van der Waals surface area contributed by atoms with Crippen molar-refractivity contribution >= 4 is 32.4 Å². The Balaban J connectivity index is 1.98. The maximum Gasteiger partial charge on any atom is 0.186 e. The fourth-order valence-electron chi connectivity index (χ4n) is 2.10. The van der Waals surface area contributed by atoms with Crippen LogP contribution < -0.4 is 10.2 Å². The summed E-state index contributed by atoms with van der Waals surface area (Å²) < 4.78 is 0.952. The average molecular weight is 304 g/mol. The van der Waals surface area contributed by atoms with E-state index in [1.165, 1.54) is 25.8 Å². The number of halogens is 1. The second kappa shape index (κ2) is 5.98. The van der Waals surface area contributed by atoms with Crippen molar-refractivity contribution in [3.63, 3.8) is 0 Å². The van der Waals surface area contributed by atoms with Gasteiger partial charge in [-0.1, -0.05) is 6.92 Å². The zero-order valence-corrected chi connectivity index (χ0v) is 12.0. The van der Waals surface area contributed by atoms with Crippen LogP contribution in [0.5, 0.6) is 0 Å². The van der Waals surface area contributed by atoms with Crippen molar-refractivity contribution in [1.82, 2.24) is 10.3 Å². The summed E-state index contributed by atoms with van der Waals surface area (Å²) in [4.78, 5) is 6.91. The molecule has 0 aromatic carbocycles. The Morgan fingerprint density at radius 2 is 2.56 bits per heavy atom. The number of rotatable bonds is 5. The van der Waals surface area contributed by atoms with Crippen LogP contribution in [-0.4, -0.2) is 30.7 Å². The highest BCUT2D eigenvalue weighted by Gasteiger charge is 2.19. The summed E-state index contributed by atoms with van der Waals surface area (Å²) in [7, 11) is 0. The van der Waals surface area contributed by atoms with E-state index in [-0.39, 0.29) is 0 Å². The van der Waals surface area contributed by atoms with E-state index in [0.717, 1.165) is 22.8 Å². The molecule has 1 unspecified atom stereocenters. The van der Waals surface area contributed by atoms with E-state index in [2.05, 4.69) is 43.4 Å². The van der Waals surface area contributed by atoms with Gasteiger partial charge in [-0.25, -0.2) is 4.98 Å². The molecule has 3 nitrogen and oxygen atoms in total. The van der Waals surface area contributed by atoms with Crippen molar-refractivity contribution in [2.24, 2.45) is 0 Å². The van der Waals surface area contributed by atoms with Crippen LogP contribution in [0.4, 0.5) is 5.13 Å². The average Bonchev–Trinajstić information content (AvgIpc) is 2.88. The van der Waals surface area contributed by atoms with Crippen molar-refractivity contribution < 1.29 is 0 Å². The molecule has 1 aromatic rings. The van der Waals surface area contributed by atoms with Crippen LogP contribution in [0.2, 0.25) is 0 Å². The standard InChI is InChI=1S/C11H18BrN3S/c1-2-6-15(7-9-4-3-5-13-9)11-14-10(12)8-16-11/h8-9,13H,2-7H2,1H3. The van der Waals surface area contributed by atoms with Gasteiger partial charge < -0.3 is 10.2 Å². The smallest absolute Gasteiger partial charge is 0.186 e. The van der Waals surface area contributed by atoms with Gasteiger partial charge in [-0.15, -0.1) is 11.3 Å². The molecule has 0 amide bonds. The highest BCUT2D eigenvalue weighted by Crippen LogP contribution is 2.24. The van der Waals surface area contributed by atoms with E-state index in [0.29, 0.717) is 6.04 Å². The van der Waals surface area contributed by atoms with E-state index in [1.807, 2.05) is 0 Å². The largest absolute Gasteiger partial charge is 0.347 e. The molecule has 2 heterocycles. The minimum absolute atomic E-state index is 0.647. The van der Waals surface area contributed by atoms with E-state index in [1.54, 1.807) is 11.3 Å². The van der Waals surface area contributed by atoms with Gasteiger partial charge >= 0.3 is 0 Å². The molecule has 1 saturated heterocycles. The molecule has 90 valence electrons. The van der Waals surface area contributed by atoms with Gasteiger partial charge in [-0.2, -0.15) is 0 Å². The molecule has 0 spiro atoms. The van der Waals surface area contributed by atoms with Crippen LogP contribution in [0.3, 0.4) is 0 Å². The molecular weight excluding hydrogens is 286 g/mol. The molecule has 0 aliphatic carbocycles. The predicted molar refractivity (Wildman–Crippen MR) is 73.3 cm³/mol. The van der Waals surface area contributed by atoms with Gasteiger partial charge in [-0.3, -0.25) is 0 Å². The summed E-state index contributed by atoms with van der Waals surface area (Å²) in [5.41, 5.74) is 0. The first-order chi connectivity index (χ1) is 7.79. The topological polar surface area (TPSA) is 28.2 Å². The molecule has 1 fully saturated rings. The zero-order valence-electron chi connectivity index (χ0n) is 9.58. The van der Waals surface area contributed by atoms with Crippen molar-refractivity contribution in [3.05, 3.63) is 9.98 Å². The fourth-order valence-corrected chi connectivity index (χ4v) is 3.39. The summed E-state index contributed by atoms with van der Waals surface area (Å²) in [6.45, 7) is 5.58. The lowest BCUT2D eigenvalue weighted by Crippen LogP contribution is -2.38. The highest BCUT2D eigenvalue weighted by molar-refractivity contribution is 9.10. The highest BCUT2D eigenvalue weighted by atomic mass is 79.9. The SMILES string of the molecule is CCCN(CC1CCCN1)c1nc(Br)cs1. The Morgan fingerprint density at radius 3 is 3.12 bits per heavy atom. The van der Waals surface area contributed by atoms with Gasteiger partial charge in [0, 0.05) is 24.5 Å². The Kier molecular flexibility index (Phi) is 4.61. The van der Waals surface area contributed by atoms with E-state index in [9.17, 15) is 0 Å². The lowest BCUT2D eigenvalue weighted by Gasteiger charge is -2.24. The zero-order chi connectivity index (χ0) is 11.4. The number of thiazole rings is 1. The molecular formula is C11H18BrN3S. The molecule has 1 N–H and O–H groups in total. The first-order valence-corrected chi connectivity index (χ1v) is 7.56. The maximum absolute atomic E-state index is 4.51. The summed E-state index contributed by atoms with van der Waals surface area (Å²) in [5.74, 6) is 0. The molecule has 1 aromatic heterocycles. The van der Waals surface area contributed by atoms with E-state index in [4.69, 9.17) is 0 Å². The lowest BCUT2D eigenvalue weighted by molar-refractivity contribution is 0.577. The third kappa shape index (κ3) is 3.18. The second-order valence-corrected chi connectivity index (χ2v) is 5.84. The van der Waals surface area contributed by atoms with Crippen molar-refractivity contribution in [2.45, 2.75) is 32.2 Å². The van der Waals surface area contributed by atoms with Crippen LogP contribution in [0.1, 0.15) is 26.2 Å². The molecule has 0 radical (unpaired) electrons. The minimum Gasteiger partial charge on any atom is -0.347 e. The molecule has 0 saturated carbocycles. The van der Waals surface area contributed by atoms with Gasteiger partial charge in [0.1, 0.15) is 4.60 Å². The molecule has 1 atom stereocenters. The molecule has 0 bridgehead atoms. The lowest BCUT2D eigenvalue weighted by atomic mass is 10.2. The van der Waals surface area contributed by atoms with Crippen LogP contribution >= 0.6 is 27.3 Å². The number of anilines is 1. The van der Waals surface area contributed by atoms with Crippen LogP contribution in [0, 0.1) is 0 Å². The monoisotopic (exact) mass is 303 g/mol. The summed E-state index contributed by atoms with van der Waals surface area (Å²) in [5, 5.41) is 6.74. The summed E-state index contributed by atoms with van der Waals surface area (Å²) in [6.07, 6.45) is 3.78. The number of aromatic nitrogens is 1. The molecule has 1 aliphatic rings. The fraction of sp³-hybridized carbons (Fsp3) is 0.727. The van der Waals surface area contributed by atoms with Gasteiger partial charge in [0.05, 0.1) is 0 Å². The normalized spacial score (nSPS) is 20.2. The van der Waals surface area contributed by atoms with Gasteiger partial charge in [-0.05, 0) is 41.7 Å². The molecule has 16 heavy (non-hydrogen) atoms. The first kappa shape index (κ1) is 12.3.